The Morgan fingerprint density at radius 2 is 2.17 bits per heavy atom. The fourth-order valence-electron chi connectivity index (χ4n) is 1.69. The molecule has 0 saturated heterocycles. The molecule has 0 spiro atoms. The Morgan fingerprint density at radius 3 is 2.58 bits per heavy atom. The second kappa shape index (κ2) is 4.24. The van der Waals surface area contributed by atoms with Crippen LogP contribution in [0.25, 0.3) is 0 Å². The van der Waals surface area contributed by atoms with Gasteiger partial charge in [0.2, 0.25) is 0 Å². The third-order valence-electron chi connectivity index (χ3n) is 2.85. The highest BCUT2D eigenvalue weighted by atomic mass is 16.5. The van der Waals surface area contributed by atoms with Gasteiger partial charge >= 0.3 is 0 Å². The van der Waals surface area contributed by atoms with Crippen molar-refractivity contribution in [2.24, 2.45) is 5.41 Å². The molecule has 1 aliphatic carbocycles. The minimum Gasteiger partial charge on any atom is -0.383 e. The van der Waals surface area contributed by atoms with E-state index in [0.717, 1.165) is 13.2 Å². The summed E-state index contributed by atoms with van der Waals surface area (Å²) in [5.74, 6) is 0. The van der Waals surface area contributed by atoms with E-state index < -0.39 is 0 Å². The van der Waals surface area contributed by atoms with E-state index in [0.29, 0.717) is 11.5 Å². The van der Waals surface area contributed by atoms with Gasteiger partial charge in [0, 0.05) is 19.7 Å². The second-order valence-corrected chi connectivity index (χ2v) is 4.40. The first kappa shape index (κ1) is 10.0. The van der Waals surface area contributed by atoms with Crippen molar-refractivity contribution < 1.29 is 4.74 Å². The first-order chi connectivity index (χ1) is 5.66. The Kier molecular flexibility index (Phi) is 3.53. The average molecular weight is 171 g/mol. The zero-order chi connectivity index (χ0) is 9.03. The molecule has 12 heavy (non-hydrogen) atoms. The van der Waals surface area contributed by atoms with E-state index in [4.69, 9.17) is 4.74 Å². The van der Waals surface area contributed by atoms with Crippen LogP contribution in [0.2, 0.25) is 0 Å². The monoisotopic (exact) mass is 171 g/mol. The molecule has 0 aromatic heterocycles. The number of rotatable bonds is 5. The largest absolute Gasteiger partial charge is 0.383 e. The van der Waals surface area contributed by atoms with Crippen molar-refractivity contribution in [2.75, 3.05) is 20.3 Å². The van der Waals surface area contributed by atoms with Crippen LogP contribution in [0.1, 0.15) is 33.1 Å². The van der Waals surface area contributed by atoms with Crippen LogP contribution in [0.15, 0.2) is 0 Å². The van der Waals surface area contributed by atoms with E-state index in [9.17, 15) is 0 Å². The van der Waals surface area contributed by atoms with Crippen LogP contribution in [0, 0.1) is 5.41 Å². The molecule has 1 fully saturated rings. The molecule has 0 heterocycles. The Morgan fingerprint density at radius 1 is 1.50 bits per heavy atom. The minimum atomic E-state index is 0.493. The van der Waals surface area contributed by atoms with Crippen molar-refractivity contribution in [3.8, 4) is 0 Å². The standard InChI is InChI=1S/C10H21NO/c1-9(7-12-3)11-8-10(2)5-4-6-10/h9,11H,4-8H2,1-3H3. The summed E-state index contributed by atoms with van der Waals surface area (Å²) in [7, 11) is 1.75. The summed E-state index contributed by atoms with van der Waals surface area (Å²) in [4.78, 5) is 0. The van der Waals surface area contributed by atoms with E-state index in [1.807, 2.05) is 0 Å². The van der Waals surface area contributed by atoms with E-state index in [-0.39, 0.29) is 0 Å². The van der Waals surface area contributed by atoms with Crippen LogP contribution >= 0.6 is 0 Å². The molecule has 2 heteroatoms. The van der Waals surface area contributed by atoms with Crippen LogP contribution in [-0.2, 0) is 4.74 Å². The van der Waals surface area contributed by atoms with Gasteiger partial charge < -0.3 is 10.1 Å². The molecular formula is C10H21NO. The number of hydrogen-bond acceptors (Lipinski definition) is 2. The van der Waals surface area contributed by atoms with Crippen molar-refractivity contribution >= 4 is 0 Å². The predicted molar refractivity (Wildman–Crippen MR) is 51.3 cm³/mol. The van der Waals surface area contributed by atoms with E-state index in [1.54, 1.807) is 7.11 Å². The molecule has 0 bridgehead atoms. The summed E-state index contributed by atoms with van der Waals surface area (Å²) in [5.41, 5.74) is 0.585. The molecule has 1 aliphatic rings. The van der Waals surface area contributed by atoms with Gasteiger partial charge in [-0.15, -0.1) is 0 Å². The highest BCUT2D eigenvalue weighted by Gasteiger charge is 2.31. The molecule has 1 N–H and O–H groups in total. The smallest absolute Gasteiger partial charge is 0.0613 e. The lowest BCUT2D eigenvalue weighted by Gasteiger charge is -2.39. The molecule has 0 amide bonds. The van der Waals surface area contributed by atoms with Crippen LogP contribution in [0.5, 0.6) is 0 Å². The molecule has 1 saturated carbocycles. The van der Waals surface area contributed by atoms with Crippen LogP contribution < -0.4 is 5.32 Å². The Balaban J connectivity index is 2.07. The predicted octanol–water partition coefficient (Wildman–Crippen LogP) is 1.80. The summed E-state index contributed by atoms with van der Waals surface area (Å²) in [5, 5.41) is 3.50. The molecule has 0 aromatic rings. The normalized spacial score (nSPS) is 23.2. The third-order valence-corrected chi connectivity index (χ3v) is 2.85. The van der Waals surface area contributed by atoms with Gasteiger partial charge in [0.25, 0.3) is 0 Å². The quantitative estimate of drug-likeness (QED) is 0.681. The van der Waals surface area contributed by atoms with Crippen molar-refractivity contribution in [1.82, 2.24) is 5.32 Å². The van der Waals surface area contributed by atoms with Gasteiger partial charge in [0.15, 0.2) is 0 Å². The Labute approximate surface area is 75.7 Å². The highest BCUT2D eigenvalue weighted by Crippen LogP contribution is 2.39. The lowest BCUT2D eigenvalue weighted by atomic mass is 9.70. The Hall–Kier alpha value is -0.0800. The fraction of sp³-hybridized carbons (Fsp3) is 1.00. The van der Waals surface area contributed by atoms with Crippen molar-refractivity contribution in [3.05, 3.63) is 0 Å². The van der Waals surface area contributed by atoms with Gasteiger partial charge in [-0.3, -0.25) is 0 Å². The van der Waals surface area contributed by atoms with Crippen molar-refractivity contribution in [1.29, 1.82) is 0 Å². The number of ether oxygens (including phenoxy) is 1. The number of hydrogen-bond donors (Lipinski definition) is 1. The van der Waals surface area contributed by atoms with Gasteiger partial charge in [-0.1, -0.05) is 13.3 Å². The Bertz CT molecular complexity index is 132. The zero-order valence-electron chi connectivity index (χ0n) is 8.52. The first-order valence-electron chi connectivity index (χ1n) is 4.89. The van der Waals surface area contributed by atoms with E-state index >= 15 is 0 Å². The second-order valence-electron chi connectivity index (χ2n) is 4.40. The topological polar surface area (TPSA) is 21.3 Å². The molecule has 1 rings (SSSR count). The molecule has 0 aromatic carbocycles. The third kappa shape index (κ3) is 2.76. The summed E-state index contributed by atoms with van der Waals surface area (Å²) in [6, 6.07) is 0.493. The van der Waals surface area contributed by atoms with Gasteiger partial charge in [-0.2, -0.15) is 0 Å². The summed E-state index contributed by atoms with van der Waals surface area (Å²) < 4.78 is 5.06. The molecule has 0 aliphatic heterocycles. The van der Waals surface area contributed by atoms with E-state index in [1.165, 1.54) is 19.3 Å². The van der Waals surface area contributed by atoms with Gasteiger partial charge in [0.05, 0.1) is 6.61 Å². The molecule has 0 radical (unpaired) electrons. The first-order valence-corrected chi connectivity index (χ1v) is 4.89. The lowest BCUT2D eigenvalue weighted by Crippen LogP contribution is -2.42. The lowest BCUT2D eigenvalue weighted by molar-refractivity contribution is 0.128. The maximum Gasteiger partial charge on any atom is 0.0613 e. The molecule has 2 nitrogen and oxygen atoms in total. The molecule has 1 unspecified atom stereocenters. The zero-order valence-corrected chi connectivity index (χ0v) is 8.52. The minimum absolute atomic E-state index is 0.493. The molecule has 72 valence electrons. The molecular weight excluding hydrogens is 150 g/mol. The highest BCUT2D eigenvalue weighted by molar-refractivity contribution is 4.85. The maximum absolute atomic E-state index is 5.06. The summed E-state index contributed by atoms with van der Waals surface area (Å²) in [6.07, 6.45) is 4.19. The molecule has 1 atom stereocenters. The van der Waals surface area contributed by atoms with Crippen LogP contribution in [0.4, 0.5) is 0 Å². The average Bonchev–Trinajstić information content (AvgIpc) is 1.98. The number of methoxy groups -OCH3 is 1. The van der Waals surface area contributed by atoms with E-state index in [2.05, 4.69) is 19.2 Å². The van der Waals surface area contributed by atoms with Crippen LogP contribution in [0.3, 0.4) is 0 Å². The fourth-order valence-corrected chi connectivity index (χ4v) is 1.69. The van der Waals surface area contributed by atoms with Gasteiger partial charge in [-0.25, -0.2) is 0 Å². The number of nitrogens with one attached hydrogen (secondary N) is 1. The van der Waals surface area contributed by atoms with Gasteiger partial charge in [0.1, 0.15) is 0 Å². The summed E-state index contributed by atoms with van der Waals surface area (Å²) in [6.45, 7) is 6.50. The van der Waals surface area contributed by atoms with Crippen LogP contribution in [-0.4, -0.2) is 26.3 Å². The van der Waals surface area contributed by atoms with Crippen molar-refractivity contribution in [2.45, 2.75) is 39.2 Å². The SMILES string of the molecule is COCC(C)NCC1(C)CCC1. The summed E-state index contributed by atoms with van der Waals surface area (Å²) >= 11 is 0. The van der Waals surface area contributed by atoms with Crippen molar-refractivity contribution in [3.63, 3.8) is 0 Å². The van der Waals surface area contributed by atoms with Gasteiger partial charge in [-0.05, 0) is 25.2 Å². The maximum atomic E-state index is 5.06.